The molecule has 0 saturated heterocycles. The smallest absolute Gasteiger partial charge is 0.145 e. The minimum Gasteiger partial charge on any atom is -0.497 e. The summed E-state index contributed by atoms with van der Waals surface area (Å²) < 4.78 is 5.88. The van der Waals surface area contributed by atoms with Crippen molar-refractivity contribution < 1.29 is 4.74 Å². The zero-order valence-corrected chi connectivity index (χ0v) is 22.0. The fourth-order valence-corrected chi connectivity index (χ4v) is 3.91. The van der Waals surface area contributed by atoms with Crippen molar-refractivity contribution in [2.45, 2.75) is 27.7 Å². The number of nitrogens with two attached hydrogens (primary N) is 2. The van der Waals surface area contributed by atoms with Gasteiger partial charge in [-0.05, 0) is 51.3 Å². The Labute approximate surface area is 239 Å². The Bertz CT molecular complexity index is 1430. The van der Waals surface area contributed by atoms with Crippen molar-refractivity contribution in [1.82, 2.24) is 19.9 Å². The van der Waals surface area contributed by atoms with Gasteiger partial charge in [-0.15, -0.1) is 0 Å². The summed E-state index contributed by atoms with van der Waals surface area (Å²) in [5, 5.41) is 0. The van der Waals surface area contributed by atoms with Crippen LogP contribution >= 0.6 is 15.9 Å². The van der Waals surface area contributed by atoms with E-state index >= 15 is 0 Å². The number of aromatic nitrogens is 4. The van der Waals surface area contributed by atoms with E-state index in [0.717, 1.165) is 34.0 Å². The lowest BCUT2D eigenvalue weighted by Gasteiger charge is -2.08. The number of methoxy groups -OCH3 is 1. The number of benzene rings is 3. The summed E-state index contributed by atoms with van der Waals surface area (Å²) >= 11 is 3.28. The SMILES string of the molecule is C.C.COc1ccc(-c2cnc(N)c(Cc3ccccc3)n2)cc1.Nc1ncc(Br)nc1Cc1ccccc1. The highest BCUT2D eigenvalue weighted by Gasteiger charge is 2.08. The first-order chi connectivity index (χ1) is 18.0. The molecule has 8 heteroatoms. The number of anilines is 2. The highest BCUT2D eigenvalue weighted by molar-refractivity contribution is 9.10. The third kappa shape index (κ3) is 8.90. The van der Waals surface area contributed by atoms with E-state index in [4.69, 9.17) is 16.2 Å². The summed E-state index contributed by atoms with van der Waals surface area (Å²) in [6.07, 6.45) is 4.68. The van der Waals surface area contributed by atoms with Gasteiger partial charge < -0.3 is 16.2 Å². The van der Waals surface area contributed by atoms with Crippen molar-refractivity contribution in [3.63, 3.8) is 0 Å². The third-order valence-electron chi connectivity index (χ3n) is 5.54. The zero-order valence-electron chi connectivity index (χ0n) is 20.4. The summed E-state index contributed by atoms with van der Waals surface area (Å²) in [7, 11) is 1.65. The second-order valence-electron chi connectivity index (χ2n) is 8.17. The van der Waals surface area contributed by atoms with Crippen LogP contribution in [0, 0.1) is 0 Å². The molecule has 202 valence electrons. The summed E-state index contributed by atoms with van der Waals surface area (Å²) in [6.45, 7) is 0. The Morgan fingerprint density at radius 1 is 0.667 bits per heavy atom. The van der Waals surface area contributed by atoms with E-state index in [0.29, 0.717) is 29.1 Å². The normalized spacial score (nSPS) is 9.79. The van der Waals surface area contributed by atoms with Gasteiger partial charge in [0.15, 0.2) is 0 Å². The van der Waals surface area contributed by atoms with Gasteiger partial charge in [-0.2, -0.15) is 0 Å². The molecule has 0 aliphatic heterocycles. The summed E-state index contributed by atoms with van der Waals surface area (Å²) in [6, 6.07) is 27.9. The first kappa shape index (κ1) is 30.9. The molecule has 0 atom stereocenters. The van der Waals surface area contributed by atoms with Gasteiger partial charge in [-0.25, -0.2) is 19.9 Å². The van der Waals surface area contributed by atoms with E-state index < -0.39 is 0 Å². The quantitative estimate of drug-likeness (QED) is 0.220. The van der Waals surface area contributed by atoms with Crippen LogP contribution in [-0.4, -0.2) is 27.0 Å². The molecule has 0 bridgehead atoms. The van der Waals surface area contributed by atoms with Crippen molar-refractivity contribution in [1.29, 1.82) is 0 Å². The molecule has 4 N–H and O–H groups in total. The number of hydrogen-bond donors (Lipinski definition) is 2. The second-order valence-corrected chi connectivity index (χ2v) is 8.98. The lowest BCUT2D eigenvalue weighted by Crippen LogP contribution is -2.03. The Kier molecular flexibility index (Phi) is 12.0. The number of nitrogens with zero attached hydrogens (tertiary/aromatic N) is 4. The molecule has 3 aromatic carbocycles. The number of hydrogen-bond acceptors (Lipinski definition) is 7. The summed E-state index contributed by atoms with van der Waals surface area (Å²) in [4.78, 5) is 17.3. The van der Waals surface area contributed by atoms with Crippen molar-refractivity contribution in [2.24, 2.45) is 0 Å². The van der Waals surface area contributed by atoms with E-state index in [1.165, 1.54) is 5.56 Å². The van der Waals surface area contributed by atoms with Gasteiger partial charge in [-0.1, -0.05) is 75.5 Å². The van der Waals surface area contributed by atoms with E-state index in [2.05, 4.69) is 48.0 Å². The molecule has 2 heterocycles. The fraction of sp³-hybridized carbons (Fsp3) is 0.161. The highest BCUT2D eigenvalue weighted by Crippen LogP contribution is 2.22. The van der Waals surface area contributed by atoms with Gasteiger partial charge >= 0.3 is 0 Å². The first-order valence-electron chi connectivity index (χ1n) is 11.6. The van der Waals surface area contributed by atoms with Gasteiger partial charge in [0.05, 0.1) is 36.6 Å². The molecular formula is C31H35BrN6O. The molecule has 0 radical (unpaired) electrons. The molecule has 0 aliphatic carbocycles. The third-order valence-corrected chi connectivity index (χ3v) is 5.92. The molecule has 0 unspecified atom stereocenters. The monoisotopic (exact) mass is 586 g/mol. The Morgan fingerprint density at radius 3 is 1.67 bits per heavy atom. The predicted molar refractivity (Wildman–Crippen MR) is 165 cm³/mol. The van der Waals surface area contributed by atoms with Gasteiger partial charge in [0.1, 0.15) is 22.0 Å². The highest BCUT2D eigenvalue weighted by atomic mass is 79.9. The minimum absolute atomic E-state index is 0. The van der Waals surface area contributed by atoms with Crippen LogP contribution in [0.2, 0.25) is 0 Å². The van der Waals surface area contributed by atoms with E-state index in [1.807, 2.05) is 72.8 Å². The Morgan fingerprint density at radius 2 is 1.15 bits per heavy atom. The van der Waals surface area contributed by atoms with Crippen LogP contribution in [0.25, 0.3) is 11.3 Å². The lowest BCUT2D eigenvalue weighted by atomic mass is 10.1. The standard InChI is InChI=1S/C18H17N3O.C11H10BrN3.2CH4/c1-22-15-9-7-14(8-10-15)17-12-20-18(19)16(21-17)11-13-5-3-2-4-6-13;12-10-7-14-11(13)9(15-10)6-8-4-2-1-3-5-8;;/h2-10,12H,11H2,1H3,(H2,19,20);1-5,7H,6H2,(H2,13,14);2*1H4. The maximum atomic E-state index is 5.97. The summed E-state index contributed by atoms with van der Waals surface area (Å²) in [5.41, 5.74) is 17.4. The molecule has 39 heavy (non-hydrogen) atoms. The largest absolute Gasteiger partial charge is 0.497 e. The molecule has 0 aliphatic rings. The molecule has 0 fully saturated rings. The molecule has 0 spiro atoms. The van der Waals surface area contributed by atoms with Crippen LogP contribution in [0.3, 0.4) is 0 Å². The van der Waals surface area contributed by atoms with Crippen LogP contribution in [0.15, 0.2) is 102 Å². The molecule has 7 nitrogen and oxygen atoms in total. The van der Waals surface area contributed by atoms with Gasteiger partial charge in [-0.3, -0.25) is 0 Å². The van der Waals surface area contributed by atoms with Crippen LogP contribution in [0.1, 0.15) is 37.4 Å². The van der Waals surface area contributed by atoms with Crippen LogP contribution in [-0.2, 0) is 12.8 Å². The van der Waals surface area contributed by atoms with Crippen LogP contribution in [0.5, 0.6) is 5.75 Å². The van der Waals surface area contributed by atoms with Gasteiger partial charge in [0.25, 0.3) is 0 Å². The molecule has 0 amide bonds. The number of rotatable bonds is 6. The topological polar surface area (TPSA) is 113 Å². The maximum Gasteiger partial charge on any atom is 0.145 e. The van der Waals surface area contributed by atoms with Crippen molar-refractivity contribution >= 4 is 27.6 Å². The predicted octanol–water partition coefficient (Wildman–Crippen LogP) is 7.01. The average Bonchev–Trinajstić information content (AvgIpc) is 2.94. The van der Waals surface area contributed by atoms with Gasteiger partial charge in [0.2, 0.25) is 0 Å². The first-order valence-corrected chi connectivity index (χ1v) is 12.4. The van der Waals surface area contributed by atoms with Crippen molar-refractivity contribution in [3.05, 3.63) is 124 Å². The molecule has 5 aromatic rings. The lowest BCUT2D eigenvalue weighted by molar-refractivity contribution is 0.415. The maximum absolute atomic E-state index is 5.97. The number of nitrogen functional groups attached to an aromatic ring is 2. The zero-order chi connectivity index (χ0) is 26.0. The van der Waals surface area contributed by atoms with E-state index in [1.54, 1.807) is 19.5 Å². The van der Waals surface area contributed by atoms with Crippen LogP contribution < -0.4 is 16.2 Å². The Hall–Kier alpha value is -4.30. The molecule has 2 aromatic heterocycles. The minimum atomic E-state index is 0. The van der Waals surface area contributed by atoms with Gasteiger partial charge in [0, 0.05) is 18.4 Å². The van der Waals surface area contributed by atoms with Crippen molar-refractivity contribution in [2.75, 3.05) is 18.6 Å². The number of halogens is 1. The molecular weight excluding hydrogens is 552 g/mol. The summed E-state index contributed by atoms with van der Waals surface area (Å²) in [5.74, 6) is 1.78. The van der Waals surface area contributed by atoms with Crippen LogP contribution in [0.4, 0.5) is 11.6 Å². The molecule has 5 rings (SSSR count). The fourth-order valence-electron chi connectivity index (χ4n) is 3.59. The van der Waals surface area contributed by atoms with E-state index in [9.17, 15) is 0 Å². The Balaban J connectivity index is 0.000000277. The number of ether oxygens (including phenoxy) is 1. The van der Waals surface area contributed by atoms with Crippen molar-refractivity contribution in [3.8, 4) is 17.0 Å². The van der Waals surface area contributed by atoms with E-state index in [-0.39, 0.29) is 14.9 Å². The molecule has 0 saturated carbocycles. The average molecular weight is 588 g/mol. The second kappa shape index (κ2) is 15.2.